The van der Waals surface area contributed by atoms with Gasteiger partial charge < -0.3 is 34.5 Å². The van der Waals surface area contributed by atoms with Crippen LogP contribution in [-0.2, 0) is 19.6 Å². The van der Waals surface area contributed by atoms with Gasteiger partial charge in [-0.15, -0.1) is 0 Å². The smallest absolute Gasteiger partial charge is 0.184 e. The summed E-state index contributed by atoms with van der Waals surface area (Å²) >= 11 is 0. The van der Waals surface area contributed by atoms with E-state index in [1.54, 1.807) is 0 Å². The molecule has 120 valence electrons. The highest BCUT2D eigenvalue weighted by molar-refractivity contribution is 7.85. The molecule has 0 spiro atoms. The van der Waals surface area contributed by atoms with Crippen molar-refractivity contribution in [3.05, 3.63) is 0 Å². The van der Waals surface area contributed by atoms with E-state index >= 15 is 0 Å². The molecule has 0 aromatic rings. The van der Waals surface area contributed by atoms with E-state index in [1.165, 1.54) is 0 Å². The van der Waals surface area contributed by atoms with E-state index in [0.29, 0.717) is 6.42 Å². The van der Waals surface area contributed by atoms with E-state index in [9.17, 15) is 33.4 Å². The average Bonchev–Trinajstić information content (AvgIpc) is 2.35. The van der Waals surface area contributed by atoms with Gasteiger partial charge in [0.25, 0.3) is 0 Å². The normalized spacial score (nSPS) is 35.1. The Kier molecular flexibility index (Phi) is 6.75. The molecular formula is C10H19O9S-. The first-order valence-electron chi connectivity index (χ1n) is 6.11. The summed E-state index contributed by atoms with van der Waals surface area (Å²) in [6.45, 7) is -0.0109. The van der Waals surface area contributed by atoms with Crippen LogP contribution in [0.5, 0.6) is 0 Å². The fourth-order valence-corrected chi connectivity index (χ4v) is 2.31. The van der Waals surface area contributed by atoms with Gasteiger partial charge in [-0.1, -0.05) is 0 Å². The zero-order chi connectivity index (χ0) is 15.3. The maximum Gasteiger partial charge on any atom is 0.184 e. The minimum absolute atomic E-state index is 0.136. The highest BCUT2D eigenvalue weighted by Gasteiger charge is 2.42. The first-order valence-corrected chi connectivity index (χ1v) is 7.69. The van der Waals surface area contributed by atoms with Crippen molar-refractivity contribution in [1.82, 2.24) is 0 Å². The Hall–Kier alpha value is -0.330. The molecule has 1 heterocycles. The molecule has 0 radical (unpaired) electrons. The number of aliphatic hydroxyl groups excluding tert-OH is 4. The molecule has 4 N–H and O–H groups in total. The first-order chi connectivity index (χ1) is 9.22. The minimum atomic E-state index is -4.23. The molecule has 1 fully saturated rings. The van der Waals surface area contributed by atoms with Crippen LogP contribution in [0.3, 0.4) is 0 Å². The van der Waals surface area contributed by atoms with Gasteiger partial charge in [0.05, 0.1) is 16.7 Å². The second kappa shape index (κ2) is 7.61. The summed E-state index contributed by atoms with van der Waals surface area (Å²) in [6.07, 6.45) is -6.68. The molecule has 1 aliphatic rings. The van der Waals surface area contributed by atoms with Crippen molar-refractivity contribution in [3.63, 3.8) is 0 Å². The quantitative estimate of drug-likeness (QED) is 0.286. The Bertz CT molecular complexity index is 384. The highest BCUT2D eigenvalue weighted by atomic mass is 32.2. The molecule has 0 aromatic heterocycles. The van der Waals surface area contributed by atoms with Crippen LogP contribution < -0.4 is 0 Å². The molecule has 0 amide bonds. The molecule has 0 aliphatic carbocycles. The SMILES string of the molecule is O=S(=O)([O-])CCCCOCC1OC(O)C(O)C(O)C1O. The van der Waals surface area contributed by atoms with Crippen molar-refractivity contribution in [2.45, 2.75) is 43.5 Å². The van der Waals surface area contributed by atoms with Crippen LogP contribution in [0, 0.1) is 0 Å². The number of rotatable bonds is 7. The van der Waals surface area contributed by atoms with Gasteiger partial charge in [0.15, 0.2) is 6.29 Å². The van der Waals surface area contributed by atoms with E-state index in [-0.39, 0.29) is 19.6 Å². The predicted octanol–water partition coefficient (Wildman–Crippen LogP) is -2.87. The Labute approximate surface area is 116 Å². The van der Waals surface area contributed by atoms with Crippen molar-refractivity contribution in [3.8, 4) is 0 Å². The third-order valence-corrected chi connectivity index (χ3v) is 3.69. The molecule has 0 bridgehead atoms. The van der Waals surface area contributed by atoms with Gasteiger partial charge in [0.1, 0.15) is 24.4 Å². The standard InChI is InChI=1S/C10H20O9S/c11-7-6(19-10(14)9(13)8(7)12)5-18-3-1-2-4-20(15,16)17/h6-14H,1-5H2,(H,15,16,17)/p-1. The maximum atomic E-state index is 10.3. The van der Waals surface area contributed by atoms with Gasteiger partial charge in [-0.2, -0.15) is 0 Å². The van der Waals surface area contributed by atoms with E-state index in [4.69, 9.17) is 9.47 Å². The molecule has 5 atom stereocenters. The highest BCUT2D eigenvalue weighted by Crippen LogP contribution is 2.20. The largest absolute Gasteiger partial charge is 0.748 e. The second-order valence-electron chi connectivity index (χ2n) is 4.58. The molecule has 0 aromatic carbocycles. The van der Waals surface area contributed by atoms with Crippen molar-refractivity contribution >= 4 is 10.1 Å². The Morgan fingerprint density at radius 2 is 1.70 bits per heavy atom. The number of hydrogen-bond donors (Lipinski definition) is 4. The zero-order valence-corrected chi connectivity index (χ0v) is 11.5. The fourth-order valence-electron chi connectivity index (χ4n) is 1.75. The Morgan fingerprint density at radius 1 is 1.05 bits per heavy atom. The molecule has 1 aliphatic heterocycles. The molecule has 0 saturated carbocycles. The van der Waals surface area contributed by atoms with Crippen LogP contribution >= 0.6 is 0 Å². The summed E-state index contributed by atoms with van der Waals surface area (Å²) in [7, 11) is -4.23. The molecule has 1 rings (SSSR count). The van der Waals surface area contributed by atoms with Gasteiger partial charge in [0.2, 0.25) is 0 Å². The van der Waals surface area contributed by atoms with E-state index in [0.717, 1.165) is 0 Å². The molecular weight excluding hydrogens is 296 g/mol. The molecule has 1 saturated heterocycles. The molecule has 9 nitrogen and oxygen atoms in total. The number of hydrogen-bond acceptors (Lipinski definition) is 9. The monoisotopic (exact) mass is 315 g/mol. The lowest BCUT2D eigenvalue weighted by atomic mass is 9.99. The van der Waals surface area contributed by atoms with Gasteiger partial charge in [-0.05, 0) is 12.8 Å². The minimum Gasteiger partial charge on any atom is -0.748 e. The van der Waals surface area contributed by atoms with E-state index < -0.39 is 46.6 Å². The summed E-state index contributed by atoms with van der Waals surface area (Å²) in [6, 6.07) is 0. The fraction of sp³-hybridized carbons (Fsp3) is 1.00. The third kappa shape index (κ3) is 5.58. The van der Waals surface area contributed by atoms with Crippen LogP contribution in [0.4, 0.5) is 0 Å². The van der Waals surface area contributed by atoms with Gasteiger partial charge in [-0.25, -0.2) is 8.42 Å². The molecule has 20 heavy (non-hydrogen) atoms. The maximum absolute atomic E-state index is 10.3. The van der Waals surface area contributed by atoms with E-state index in [2.05, 4.69) is 0 Å². The molecule has 10 heteroatoms. The van der Waals surface area contributed by atoms with Crippen molar-refractivity contribution in [1.29, 1.82) is 0 Å². The number of unbranched alkanes of at least 4 members (excludes halogenated alkanes) is 1. The number of aliphatic hydroxyl groups is 4. The Balaban J connectivity index is 2.21. The lowest BCUT2D eigenvalue weighted by Crippen LogP contribution is -2.58. The second-order valence-corrected chi connectivity index (χ2v) is 6.10. The summed E-state index contributed by atoms with van der Waals surface area (Å²) < 4.78 is 41.0. The van der Waals surface area contributed by atoms with Crippen molar-refractivity contribution in [2.24, 2.45) is 0 Å². The first kappa shape index (κ1) is 17.7. The number of ether oxygens (including phenoxy) is 2. The van der Waals surface area contributed by atoms with Crippen LogP contribution in [0.1, 0.15) is 12.8 Å². The third-order valence-electron chi connectivity index (χ3n) is 2.90. The summed E-state index contributed by atoms with van der Waals surface area (Å²) in [5.74, 6) is -0.470. The van der Waals surface area contributed by atoms with Gasteiger partial charge in [0, 0.05) is 12.4 Å². The van der Waals surface area contributed by atoms with Crippen LogP contribution in [0.15, 0.2) is 0 Å². The van der Waals surface area contributed by atoms with Crippen LogP contribution in [0.25, 0.3) is 0 Å². The van der Waals surface area contributed by atoms with Gasteiger partial charge >= 0.3 is 0 Å². The zero-order valence-electron chi connectivity index (χ0n) is 10.7. The Morgan fingerprint density at radius 3 is 2.30 bits per heavy atom. The molecule has 5 unspecified atom stereocenters. The predicted molar refractivity (Wildman–Crippen MR) is 63.5 cm³/mol. The van der Waals surface area contributed by atoms with Gasteiger partial charge in [-0.3, -0.25) is 0 Å². The lowest BCUT2D eigenvalue weighted by molar-refractivity contribution is -0.288. The summed E-state index contributed by atoms with van der Waals surface area (Å²) in [5, 5.41) is 37.5. The van der Waals surface area contributed by atoms with Crippen LogP contribution in [-0.4, -0.2) is 83.1 Å². The summed E-state index contributed by atoms with van der Waals surface area (Å²) in [4.78, 5) is 0. The lowest BCUT2D eigenvalue weighted by Gasteiger charge is -2.38. The average molecular weight is 315 g/mol. The summed E-state index contributed by atoms with van der Waals surface area (Å²) in [5.41, 5.74) is 0. The topological polar surface area (TPSA) is 157 Å². The van der Waals surface area contributed by atoms with Crippen LogP contribution in [0.2, 0.25) is 0 Å². The van der Waals surface area contributed by atoms with Crippen molar-refractivity contribution in [2.75, 3.05) is 19.0 Å². The van der Waals surface area contributed by atoms with Crippen molar-refractivity contribution < 1.29 is 42.9 Å². The van der Waals surface area contributed by atoms with E-state index in [1.807, 2.05) is 0 Å².